The number of benzene rings is 1. The Bertz CT molecular complexity index is 601. The lowest BCUT2D eigenvalue weighted by atomic mass is 10.0. The molecule has 0 fully saturated rings. The van der Waals surface area contributed by atoms with Crippen molar-refractivity contribution in [2.45, 2.75) is 13.0 Å². The molecule has 5 heteroatoms. The van der Waals surface area contributed by atoms with Crippen LogP contribution in [0.1, 0.15) is 17.2 Å². The van der Waals surface area contributed by atoms with E-state index in [1.165, 1.54) is 0 Å². The van der Waals surface area contributed by atoms with Crippen molar-refractivity contribution >= 4 is 27.5 Å². The third-order valence-electron chi connectivity index (χ3n) is 2.80. The predicted octanol–water partition coefficient (Wildman–Crippen LogP) is 2.79. The minimum Gasteiger partial charge on any atom is -0.369 e. The lowest BCUT2D eigenvalue weighted by Gasteiger charge is -2.18. The molecule has 1 atom stereocenters. The van der Waals surface area contributed by atoms with Crippen molar-refractivity contribution in [1.29, 1.82) is 0 Å². The van der Waals surface area contributed by atoms with Crippen molar-refractivity contribution in [3.63, 3.8) is 0 Å². The second kappa shape index (κ2) is 5.84. The Labute approximate surface area is 120 Å². The maximum Gasteiger partial charge on any atom is 0.244 e. The fourth-order valence-electron chi connectivity index (χ4n) is 1.87. The normalized spacial score (nSPS) is 11.9. The van der Waals surface area contributed by atoms with Gasteiger partial charge < -0.3 is 11.1 Å². The van der Waals surface area contributed by atoms with E-state index in [2.05, 4.69) is 26.2 Å². The number of anilines is 1. The summed E-state index contributed by atoms with van der Waals surface area (Å²) in [6.07, 6.45) is 3.33. The smallest absolute Gasteiger partial charge is 0.244 e. The summed E-state index contributed by atoms with van der Waals surface area (Å²) in [5.41, 5.74) is 8.11. The summed E-state index contributed by atoms with van der Waals surface area (Å²) in [6.45, 7) is 1.95. The SMILES string of the molecule is Cc1ccccc1[C@@H](Nc1cncc(Br)c1)C(N)=O. The Kier molecular flexibility index (Phi) is 4.16. The Hall–Kier alpha value is -1.88. The molecule has 4 nitrogen and oxygen atoms in total. The van der Waals surface area contributed by atoms with Crippen LogP contribution < -0.4 is 11.1 Å². The second-order valence-electron chi connectivity index (χ2n) is 4.23. The summed E-state index contributed by atoms with van der Waals surface area (Å²) < 4.78 is 0.838. The number of rotatable bonds is 4. The molecule has 0 aliphatic rings. The molecule has 1 amide bonds. The Morgan fingerprint density at radius 1 is 1.37 bits per heavy atom. The molecule has 0 aliphatic carbocycles. The molecular weight excluding hydrogens is 306 g/mol. The van der Waals surface area contributed by atoms with E-state index in [1.54, 1.807) is 12.4 Å². The lowest BCUT2D eigenvalue weighted by Crippen LogP contribution is -2.28. The van der Waals surface area contributed by atoms with Gasteiger partial charge in [-0.2, -0.15) is 0 Å². The van der Waals surface area contributed by atoms with Gasteiger partial charge in [-0.05, 0) is 40.0 Å². The summed E-state index contributed by atoms with van der Waals surface area (Å²) in [5, 5.41) is 3.11. The molecule has 0 spiro atoms. The number of pyridine rings is 1. The topological polar surface area (TPSA) is 68.0 Å². The van der Waals surface area contributed by atoms with E-state index in [1.807, 2.05) is 37.3 Å². The van der Waals surface area contributed by atoms with Gasteiger partial charge in [0.1, 0.15) is 6.04 Å². The van der Waals surface area contributed by atoms with Gasteiger partial charge in [0, 0.05) is 10.7 Å². The number of carbonyl (C=O) groups is 1. The van der Waals surface area contributed by atoms with Crippen LogP contribution in [-0.4, -0.2) is 10.9 Å². The summed E-state index contributed by atoms with van der Waals surface area (Å²) in [6, 6.07) is 8.94. The first kappa shape index (κ1) is 13.5. The standard InChI is InChI=1S/C14H14BrN3O/c1-9-4-2-3-5-12(9)13(14(16)19)18-11-6-10(15)7-17-8-11/h2-8,13,18H,1H3,(H2,16,19)/t13-/m1/s1. The Morgan fingerprint density at radius 2 is 2.11 bits per heavy atom. The summed E-state index contributed by atoms with van der Waals surface area (Å²) in [4.78, 5) is 15.7. The number of hydrogen-bond acceptors (Lipinski definition) is 3. The van der Waals surface area contributed by atoms with Crippen LogP contribution in [0.3, 0.4) is 0 Å². The van der Waals surface area contributed by atoms with E-state index in [9.17, 15) is 4.79 Å². The Morgan fingerprint density at radius 3 is 2.74 bits per heavy atom. The molecule has 1 aromatic carbocycles. The van der Waals surface area contributed by atoms with E-state index in [4.69, 9.17) is 5.73 Å². The summed E-state index contributed by atoms with van der Waals surface area (Å²) in [7, 11) is 0. The fraction of sp³-hybridized carbons (Fsp3) is 0.143. The van der Waals surface area contributed by atoms with Gasteiger partial charge in [-0.3, -0.25) is 9.78 Å². The van der Waals surface area contributed by atoms with E-state index in [0.717, 1.165) is 21.3 Å². The van der Waals surface area contributed by atoms with Crippen LogP contribution in [0.5, 0.6) is 0 Å². The number of halogens is 1. The number of hydrogen-bond donors (Lipinski definition) is 2. The number of nitrogens with one attached hydrogen (secondary N) is 1. The number of carbonyl (C=O) groups excluding carboxylic acids is 1. The van der Waals surface area contributed by atoms with Gasteiger partial charge >= 0.3 is 0 Å². The maximum atomic E-state index is 11.7. The van der Waals surface area contributed by atoms with Crippen molar-refractivity contribution in [3.05, 3.63) is 58.3 Å². The van der Waals surface area contributed by atoms with Crippen molar-refractivity contribution in [3.8, 4) is 0 Å². The van der Waals surface area contributed by atoms with Gasteiger partial charge in [0.15, 0.2) is 0 Å². The molecule has 2 rings (SSSR count). The van der Waals surface area contributed by atoms with Gasteiger partial charge in [-0.25, -0.2) is 0 Å². The van der Waals surface area contributed by atoms with Gasteiger partial charge in [0.2, 0.25) is 5.91 Å². The third-order valence-corrected chi connectivity index (χ3v) is 3.23. The molecule has 0 saturated heterocycles. The van der Waals surface area contributed by atoms with Crippen LogP contribution in [-0.2, 0) is 4.79 Å². The van der Waals surface area contributed by atoms with Crippen LogP contribution in [0.25, 0.3) is 0 Å². The molecule has 3 N–H and O–H groups in total. The molecular formula is C14H14BrN3O. The largest absolute Gasteiger partial charge is 0.369 e. The monoisotopic (exact) mass is 319 g/mol. The second-order valence-corrected chi connectivity index (χ2v) is 5.14. The first-order valence-corrected chi connectivity index (χ1v) is 6.59. The first-order valence-electron chi connectivity index (χ1n) is 5.80. The van der Waals surface area contributed by atoms with E-state index >= 15 is 0 Å². The van der Waals surface area contributed by atoms with Gasteiger partial charge in [0.05, 0.1) is 11.9 Å². The van der Waals surface area contributed by atoms with Crippen molar-refractivity contribution in [1.82, 2.24) is 4.98 Å². The molecule has 2 aromatic rings. The molecule has 1 aromatic heterocycles. The van der Waals surface area contributed by atoms with E-state index < -0.39 is 11.9 Å². The molecule has 98 valence electrons. The number of nitrogens with zero attached hydrogens (tertiary/aromatic N) is 1. The molecule has 19 heavy (non-hydrogen) atoms. The lowest BCUT2D eigenvalue weighted by molar-refractivity contribution is -0.118. The van der Waals surface area contributed by atoms with Crippen molar-refractivity contribution in [2.24, 2.45) is 5.73 Å². The first-order chi connectivity index (χ1) is 9.08. The number of primary amides is 1. The van der Waals surface area contributed by atoms with E-state index in [0.29, 0.717) is 0 Å². The van der Waals surface area contributed by atoms with Crippen molar-refractivity contribution in [2.75, 3.05) is 5.32 Å². The molecule has 0 aliphatic heterocycles. The molecule has 1 heterocycles. The zero-order valence-electron chi connectivity index (χ0n) is 10.4. The van der Waals surface area contributed by atoms with Gasteiger partial charge in [-0.15, -0.1) is 0 Å². The zero-order valence-corrected chi connectivity index (χ0v) is 12.0. The van der Waals surface area contributed by atoms with Gasteiger partial charge in [-0.1, -0.05) is 24.3 Å². The average molecular weight is 320 g/mol. The van der Waals surface area contributed by atoms with Crippen LogP contribution in [0.15, 0.2) is 47.2 Å². The van der Waals surface area contributed by atoms with Crippen LogP contribution in [0.4, 0.5) is 5.69 Å². The molecule has 0 bridgehead atoms. The fourth-order valence-corrected chi connectivity index (χ4v) is 2.24. The predicted molar refractivity (Wildman–Crippen MR) is 78.7 cm³/mol. The average Bonchev–Trinajstić information content (AvgIpc) is 2.37. The van der Waals surface area contributed by atoms with E-state index in [-0.39, 0.29) is 0 Å². The minimum atomic E-state index is -0.572. The highest BCUT2D eigenvalue weighted by atomic mass is 79.9. The highest BCUT2D eigenvalue weighted by molar-refractivity contribution is 9.10. The van der Waals surface area contributed by atoms with Crippen LogP contribution in [0, 0.1) is 6.92 Å². The number of nitrogens with two attached hydrogens (primary N) is 1. The molecule has 0 saturated carbocycles. The Balaban J connectivity index is 2.32. The number of amides is 1. The summed E-state index contributed by atoms with van der Waals surface area (Å²) >= 11 is 3.34. The molecule has 0 radical (unpaired) electrons. The maximum absolute atomic E-state index is 11.7. The highest BCUT2D eigenvalue weighted by Crippen LogP contribution is 2.23. The number of aryl methyl sites for hydroxylation is 1. The zero-order chi connectivity index (χ0) is 13.8. The molecule has 0 unspecified atom stereocenters. The number of aromatic nitrogens is 1. The third kappa shape index (κ3) is 3.32. The van der Waals surface area contributed by atoms with Gasteiger partial charge in [0.25, 0.3) is 0 Å². The highest BCUT2D eigenvalue weighted by Gasteiger charge is 2.19. The van der Waals surface area contributed by atoms with Crippen LogP contribution in [0.2, 0.25) is 0 Å². The van der Waals surface area contributed by atoms with Crippen LogP contribution >= 0.6 is 15.9 Å². The van der Waals surface area contributed by atoms with Crippen molar-refractivity contribution < 1.29 is 4.79 Å². The summed E-state index contributed by atoms with van der Waals surface area (Å²) in [5.74, 6) is -0.422. The quantitative estimate of drug-likeness (QED) is 0.910. The minimum absolute atomic E-state index is 0.422.